The Bertz CT molecular complexity index is 915. The molecule has 4 heterocycles. The minimum Gasteiger partial charge on any atom is -0.352 e. The Kier molecular flexibility index (Phi) is 4.42. The molecular weight excluding hydrogens is 330 g/mol. The molecule has 0 saturated carbocycles. The maximum atomic E-state index is 12.6. The fraction of sp³-hybridized carbons (Fsp3) is 0.444. The highest BCUT2D eigenvalue weighted by molar-refractivity contribution is 5.94. The molecule has 8 heteroatoms. The van der Waals surface area contributed by atoms with Gasteiger partial charge in [0.2, 0.25) is 0 Å². The third-order valence-electron chi connectivity index (χ3n) is 5.24. The SMILES string of the molecule is CN1CCC[C@@H](CNC(=O)c2ccc3nncn3c2)[C@@H]1c1cncn1C. The van der Waals surface area contributed by atoms with Crippen molar-refractivity contribution >= 4 is 11.6 Å². The summed E-state index contributed by atoms with van der Waals surface area (Å²) in [4.78, 5) is 19.2. The van der Waals surface area contributed by atoms with Crippen molar-refractivity contribution in [2.24, 2.45) is 13.0 Å². The second-order valence-corrected chi connectivity index (χ2v) is 6.98. The van der Waals surface area contributed by atoms with E-state index in [0.29, 0.717) is 18.0 Å². The lowest BCUT2D eigenvalue weighted by Crippen LogP contribution is -2.42. The van der Waals surface area contributed by atoms with Gasteiger partial charge in [-0.3, -0.25) is 14.1 Å². The van der Waals surface area contributed by atoms with Crippen molar-refractivity contribution in [3.8, 4) is 0 Å². The number of amides is 1. The van der Waals surface area contributed by atoms with Crippen molar-refractivity contribution in [1.29, 1.82) is 0 Å². The van der Waals surface area contributed by atoms with Crippen LogP contribution in [0, 0.1) is 5.92 Å². The van der Waals surface area contributed by atoms with E-state index >= 15 is 0 Å². The number of aryl methyl sites for hydroxylation is 1. The highest BCUT2D eigenvalue weighted by Gasteiger charge is 2.32. The molecule has 0 unspecified atom stereocenters. The Balaban J connectivity index is 1.48. The van der Waals surface area contributed by atoms with Crippen LogP contribution in [-0.4, -0.2) is 55.1 Å². The largest absolute Gasteiger partial charge is 0.352 e. The van der Waals surface area contributed by atoms with Crippen LogP contribution in [-0.2, 0) is 7.05 Å². The summed E-state index contributed by atoms with van der Waals surface area (Å²) in [5.41, 5.74) is 2.53. The normalized spacial score (nSPS) is 21.2. The highest BCUT2D eigenvalue weighted by Crippen LogP contribution is 2.34. The van der Waals surface area contributed by atoms with Gasteiger partial charge in [-0.1, -0.05) is 0 Å². The van der Waals surface area contributed by atoms with Crippen LogP contribution < -0.4 is 5.32 Å². The van der Waals surface area contributed by atoms with E-state index in [1.807, 2.05) is 19.6 Å². The van der Waals surface area contributed by atoms with Gasteiger partial charge in [-0.15, -0.1) is 10.2 Å². The second-order valence-electron chi connectivity index (χ2n) is 6.98. The molecule has 1 fully saturated rings. The molecule has 2 atom stereocenters. The third kappa shape index (κ3) is 3.08. The van der Waals surface area contributed by atoms with Crippen LogP contribution in [0.2, 0.25) is 0 Å². The van der Waals surface area contributed by atoms with Gasteiger partial charge in [-0.05, 0) is 44.5 Å². The molecule has 0 aliphatic carbocycles. The van der Waals surface area contributed by atoms with Crippen LogP contribution in [0.1, 0.15) is 34.9 Å². The van der Waals surface area contributed by atoms with E-state index in [4.69, 9.17) is 0 Å². The summed E-state index contributed by atoms with van der Waals surface area (Å²) in [6.45, 7) is 1.70. The van der Waals surface area contributed by atoms with Crippen molar-refractivity contribution in [3.63, 3.8) is 0 Å². The molecule has 3 aromatic rings. The van der Waals surface area contributed by atoms with Gasteiger partial charge >= 0.3 is 0 Å². The molecule has 1 amide bonds. The fourth-order valence-corrected chi connectivity index (χ4v) is 3.88. The van der Waals surface area contributed by atoms with Crippen molar-refractivity contribution in [2.45, 2.75) is 18.9 Å². The molecule has 1 aliphatic heterocycles. The zero-order valence-corrected chi connectivity index (χ0v) is 15.0. The van der Waals surface area contributed by atoms with Crippen molar-refractivity contribution < 1.29 is 4.79 Å². The lowest BCUT2D eigenvalue weighted by molar-refractivity contribution is 0.0881. The predicted octanol–water partition coefficient (Wildman–Crippen LogP) is 1.28. The Morgan fingerprint density at radius 1 is 1.31 bits per heavy atom. The summed E-state index contributed by atoms with van der Waals surface area (Å²) < 4.78 is 3.82. The molecule has 136 valence electrons. The third-order valence-corrected chi connectivity index (χ3v) is 5.24. The van der Waals surface area contributed by atoms with Crippen LogP contribution in [0.4, 0.5) is 0 Å². The summed E-state index contributed by atoms with van der Waals surface area (Å²) in [6.07, 6.45) is 9.35. The van der Waals surface area contributed by atoms with Gasteiger partial charge in [0.1, 0.15) is 6.33 Å². The molecule has 26 heavy (non-hydrogen) atoms. The Labute approximate surface area is 151 Å². The average molecular weight is 353 g/mol. The molecule has 1 N–H and O–H groups in total. The molecular formula is C18H23N7O. The van der Waals surface area contributed by atoms with Crippen molar-refractivity contribution in [1.82, 2.24) is 34.4 Å². The number of hydrogen-bond donors (Lipinski definition) is 1. The number of rotatable bonds is 4. The lowest BCUT2D eigenvalue weighted by atomic mass is 9.87. The first-order valence-corrected chi connectivity index (χ1v) is 8.87. The van der Waals surface area contributed by atoms with E-state index < -0.39 is 0 Å². The van der Waals surface area contributed by atoms with Crippen LogP contribution >= 0.6 is 0 Å². The van der Waals surface area contributed by atoms with E-state index in [0.717, 1.165) is 25.0 Å². The number of hydrogen-bond acceptors (Lipinski definition) is 5. The summed E-state index contributed by atoms with van der Waals surface area (Å²) in [7, 11) is 4.17. The maximum absolute atomic E-state index is 12.6. The van der Waals surface area contributed by atoms with E-state index in [2.05, 4.69) is 37.0 Å². The van der Waals surface area contributed by atoms with E-state index in [1.165, 1.54) is 5.69 Å². The highest BCUT2D eigenvalue weighted by atomic mass is 16.1. The predicted molar refractivity (Wildman–Crippen MR) is 96.6 cm³/mol. The smallest absolute Gasteiger partial charge is 0.252 e. The van der Waals surface area contributed by atoms with Crippen LogP contribution in [0.3, 0.4) is 0 Å². The van der Waals surface area contributed by atoms with Crippen LogP contribution in [0.5, 0.6) is 0 Å². The Hall–Kier alpha value is -2.74. The molecule has 1 saturated heterocycles. The number of imidazole rings is 1. The number of nitrogens with one attached hydrogen (secondary N) is 1. The first-order valence-electron chi connectivity index (χ1n) is 8.87. The van der Waals surface area contributed by atoms with E-state index in [9.17, 15) is 4.79 Å². The number of nitrogens with zero attached hydrogens (tertiary/aromatic N) is 6. The summed E-state index contributed by atoms with van der Waals surface area (Å²) >= 11 is 0. The van der Waals surface area contributed by atoms with Crippen LogP contribution in [0.25, 0.3) is 5.65 Å². The molecule has 0 spiro atoms. The Morgan fingerprint density at radius 3 is 3.00 bits per heavy atom. The van der Waals surface area contributed by atoms with E-state index in [-0.39, 0.29) is 11.9 Å². The van der Waals surface area contributed by atoms with Gasteiger partial charge in [0, 0.05) is 26.0 Å². The molecule has 3 aromatic heterocycles. The number of aromatic nitrogens is 5. The molecule has 8 nitrogen and oxygen atoms in total. The fourth-order valence-electron chi connectivity index (χ4n) is 3.88. The van der Waals surface area contributed by atoms with E-state index in [1.54, 1.807) is 29.1 Å². The standard InChI is InChI=1S/C18H23N7O/c1-23-7-3-4-13(17(23)15-9-19-11-24(15)2)8-20-18(26)14-5-6-16-22-21-12-25(16)10-14/h5-6,9-13,17H,3-4,7-8H2,1-2H3,(H,20,26)/t13-,17+/m0/s1. The number of piperidine rings is 1. The van der Waals surface area contributed by atoms with Crippen molar-refractivity contribution in [3.05, 3.63) is 48.4 Å². The second kappa shape index (κ2) is 6.87. The number of fused-ring (bicyclic) bond motifs is 1. The quantitative estimate of drug-likeness (QED) is 0.764. The number of likely N-dealkylation sites (tertiary alicyclic amines) is 1. The number of carbonyl (C=O) groups excluding carboxylic acids is 1. The van der Waals surface area contributed by atoms with Gasteiger partial charge in [-0.25, -0.2) is 4.98 Å². The van der Waals surface area contributed by atoms with Gasteiger partial charge in [0.15, 0.2) is 5.65 Å². The van der Waals surface area contributed by atoms with Crippen molar-refractivity contribution in [2.75, 3.05) is 20.1 Å². The van der Waals surface area contributed by atoms with Gasteiger partial charge in [0.05, 0.1) is 23.6 Å². The number of carbonyl (C=O) groups is 1. The molecule has 0 radical (unpaired) electrons. The monoisotopic (exact) mass is 353 g/mol. The molecule has 1 aliphatic rings. The summed E-state index contributed by atoms with van der Waals surface area (Å²) in [5, 5.41) is 10.9. The van der Waals surface area contributed by atoms with Gasteiger partial charge in [0.25, 0.3) is 5.91 Å². The molecule has 4 rings (SSSR count). The lowest BCUT2D eigenvalue weighted by Gasteiger charge is -2.39. The zero-order chi connectivity index (χ0) is 18.1. The minimum atomic E-state index is -0.0717. The van der Waals surface area contributed by atoms with Gasteiger partial charge < -0.3 is 9.88 Å². The topological polar surface area (TPSA) is 80.3 Å². The summed E-state index contributed by atoms with van der Waals surface area (Å²) in [5.74, 6) is 0.282. The minimum absolute atomic E-state index is 0.0717. The van der Waals surface area contributed by atoms with Crippen LogP contribution in [0.15, 0.2) is 37.2 Å². The molecule has 0 aromatic carbocycles. The zero-order valence-electron chi connectivity index (χ0n) is 15.0. The first kappa shape index (κ1) is 16.7. The Morgan fingerprint density at radius 2 is 2.19 bits per heavy atom. The van der Waals surface area contributed by atoms with Gasteiger partial charge in [-0.2, -0.15) is 0 Å². The summed E-state index contributed by atoms with van der Waals surface area (Å²) in [6, 6.07) is 3.84. The molecule has 0 bridgehead atoms. The average Bonchev–Trinajstić information content (AvgIpc) is 3.27. The number of pyridine rings is 1. The maximum Gasteiger partial charge on any atom is 0.252 e. The first-order chi connectivity index (χ1) is 12.6.